The first-order chi connectivity index (χ1) is 9.22. The standard InChI is InChI=1S/C17H17NS/c1-13-8-4-5-9-15(13)12-19-17-11-7-6-10-16(17)14(2)18-3/h4-11,14H,12H2,1-2H3. The van der Waals surface area contributed by atoms with Gasteiger partial charge in [-0.25, -0.2) is 6.57 Å². The molecule has 0 saturated carbocycles. The van der Waals surface area contributed by atoms with Gasteiger partial charge in [0.05, 0.1) is 0 Å². The summed E-state index contributed by atoms with van der Waals surface area (Å²) < 4.78 is 0. The summed E-state index contributed by atoms with van der Waals surface area (Å²) in [5, 5.41) is 0. The molecule has 0 aromatic heterocycles. The minimum atomic E-state index is -0.0689. The van der Waals surface area contributed by atoms with E-state index in [1.807, 2.05) is 30.8 Å². The van der Waals surface area contributed by atoms with Gasteiger partial charge in [0.2, 0.25) is 6.04 Å². The van der Waals surface area contributed by atoms with Crippen molar-refractivity contribution in [3.63, 3.8) is 0 Å². The molecule has 0 aliphatic carbocycles. The average Bonchev–Trinajstić information content (AvgIpc) is 2.46. The molecule has 96 valence electrons. The van der Waals surface area contributed by atoms with E-state index in [-0.39, 0.29) is 6.04 Å². The minimum Gasteiger partial charge on any atom is -0.309 e. The van der Waals surface area contributed by atoms with Crippen LogP contribution in [0.5, 0.6) is 0 Å². The van der Waals surface area contributed by atoms with Crippen LogP contribution in [0.1, 0.15) is 29.7 Å². The summed E-state index contributed by atoms with van der Waals surface area (Å²) in [4.78, 5) is 4.85. The molecule has 0 saturated heterocycles. The number of rotatable bonds is 4. The Labute approximate surface area is 119 Å². The van der Waals surface area contributed by atoms with Crippen LogP contribution in [0.2, 0.25) is 0 Å². The average molecular weight is 267 g/mol. The Kier molecular flexibility index (Phi) is 4.65. The number of hydrogen-bond acceptors (Lipinski definition) is 1. The Morgan fingerprint density at radius 2 is 1.79 bits per heavy atom. The number of nitrogens with zero attached hydrogens (tertiary/aromatic N) is 1. The topological polar surface area (TPSA) is 4.36 Å². The fourth-order valence-corrected chi connectivity index (χ4v) is 3.17. The van der Waals surface area contributed by atoms with Gasteiger partial charge >= 0.3 is 0 Å². The summed E-state index contributed by atoms with van der Waals surface area (Å²) in [6.45, 7) is 11.3. The highest BCUT2D eigenvalue weighted by molar-refractivity contribution is 7.98. The molecule has 2 aromatic rings. The summed E-state index contributed by atoms with van der Waals surface area (Å²) in [6, 6.07) is 16.6. The molecule has 0 spiro atoms. The molecular formula is C17H17NS. The molecule has 0 heterocycles. The van der Waals surface area contributed by atoms with E-state index in [2.05, 4.69) is 48.2 Å². The minimum absolute atomic E-state index is 0.0689. The van der Waals surface area contributed by atoms with Gasteiger partial charge in [0.15, 0.2) is 0 Å². The molecule has 0 radical (unpaired) electrons. The maximum atomic E-state index is 7.19. The van der Waals surface area contributed by atoms with Crippen molar-refractivity contribution in [1.29, 1.82) is 0 Å². The molecule has 2 aromatic carbocycles. The maximum Gasteiger partial charge on any atom is 0.247 e. The quantitative estimate of drug-likeness (QED) is 0.539. The van der Waals surface area contributed by atoms with Gasteiger partial charge in [0, 0.05) is 23.1 Å². The van der Waals surface area contributed by atoms with Crippen LogP contribution in [0, 0.1) is 13.5 Å². The highest BCUT2D eigenvalue weighted by atomic mass is 32.2. The number of hydrogen-bond donors (Lipinski definition) is 0. The van der Waals surface area contributed by atoms with Crippen molar-refractivity contribution >= 4 is 11.8 Å². The summed E-state index contributed by atoms with van der Waals surface area (Å²) >= 11 is 1.81. The molecule has 0 amide bonds. The summed E-state index contributed by atoms with van der Waals surface area (Å²) in [6.07, 6.45) is 0. The second-order valence-electron chi connectivity index (χ2n) is 4.56. The van der Waals surface area contributed by atoms with Crippen LogP contribution in [0.3, 0.4) is 0 Å². The first-order valence-corrected chi connectivity index (χ1v) is 7.33. The lowest BCUT2D eigenvalue weighted by Crippen LogP contribution is -1.92. The zero-order valence-electron chi connectivity index (χ0n) is 11.3. The Morgan fingerprint density at radius 3 is 2.53 bits per heavy atom. The van der Waals surface area contributed by atoms with E-state index in [9.17, 15) is 0 Å². The Hall–Kier alpha value is -1.72. The SMILES string of the molecule is [C-]#[N+]C(C)c1ccccc1SCc1ccccc1C. The van der Waals surface area contributed by atoms with Gasteiger partial charge in [-0.05, 0) is 24.1 Å². The first kappa shape index (κ1) is 13.7. The van der Waals surface area contributed by atoms with E-state index < -0.39 is 0 Å². The maximum absolute atomic E-state index is 7.19. The second kappa shape index (κ2) is 6.45. The van der Waals surface area contributed by atoms with Crippen LogP contribution in [0.4, 0.5) is 0 Å². The largest absolute Gasteiger partial charge is 0.309 e. The molecule has 1 atom stereocenters. The molecule has 2 rings (SSSR count). The fraction of sp³-hybridized carbons (Fsp3) is 0.235. The molecule has 0 bridgehead atoms. The van der Waals surface area contributed by atoms with Crippen LogP contribution in [0.15, 0.2) is 53.4 Å². The van der Waals surface area contributed by atoms with E-state index in [4.69, 9.17) is 6.57 Å². The van der Waals surface area contributed by atoms with Crippen LogP contribution in [-0.4, -0.2) is 0 Å². The van der Waals surface area contributed by atoms with Gasteiger partial charge in [-0.15, -0.1) is 11.8 Å². The summed E-state index contributed by atoms with van der Waals surface area (Å²) in [5.74, 6) is 0.953. The van der Waals surface area contributed by atoms with E-state index in [1.165, 1.54) is 16.0 Å². The number of thioether (sulfide) groups is 1. The smallest absolute Gasteiger partial charge is 0.247 e. The van der Waals surface area contributed by atoms with Crippen LogP contribution < -0.4 is 0 Å². The lowest BCUT2D eigenvalue weighted by molar-refractivity contribution is 0.928. The van der Waals surface area contributed by atoms with Gasteiger partial charge in [-0.3, -0.25) is 0 Å². The zero-order valence-corrected chi connectivity index (χ0v) is 12.1. The molecule has 0 fully saturated rings. The fourth-order valence-electron chi connectivity index (χ4n) is 1.95. The number of benzene rings is 2. The van der Waals surface area contributed by atoms with Crippen molar-refractivity contribution in [2.24, 2.45) is 0 Å². The molecule has 1 unspecified atom stereocenters. The van der Waals surface area contributed by atoms with Crippen molar-refractivity contribution in [3.8, 4) is 0 Å². The predicted octanol–water partition coefficient (Wildman–Crippen LogP) is 5.27. The zero-order chi connectivity index (χ0) is 13.7. The van der Waals surface area contributed by atoms with Crippen molar-refractivity contribution in [3.05, 3.63) is 76.6 Å². The van der Waals surface area contributed by atoms with Crippen LogP contribution in [0.25, 0.3) is 4.85 Å². The Morgan fingerprint density at radius 1 is 1.11 bits per heavy atom. The van der Waals surface area contributed by atoms with Crippen LogP contribution in [-0.2, 0) is 5.75 Å². The van der Waals surface area contributed by atoms with E-state index in [1.54, 1.807) is 0 Å². The second-order valence-corrected chi connectivity index (χ2v) is 5.58. The van der Waals surface area contributed by atoms with Gasteiger partial charge in [0.1, 0.15) is 0 Å². The van der Waals surface area contributed by atoms with Crippen LogP contribution >= 0.6 is 11.8 Å². The van der Waals surface area contributed by atoms with E-state index in [0.29, 0.717) is 0 Å². The Bertz CT molecular complexity index is 598. The third kappa shape index (κ3) is 3.39. The van der Waals surface area contributed by atoms with Crippen molar-refractivity contribution in [1.82, 2.24) is 0 Å². The molecule has 1 nitrogen and oxygen atoms in total. The number of aryl methyl sites for hydroxylation is 1. The van der Waals surface area contributed by atoms with Crippen molar-refractivity contribution in [2.75, 3.05) is 0 Å². The summed E-state index contributed by atoms with van der Waals surface area (Å²) in [7, 11) is 0. The van der Waals surface area contributed by atoms with Gasteiger partial charge in [-0.2, -0.15) is 0 Å². The summed E-state index contributed by atoms with van der Waals surface area (Å²) in [5.41, 5.74) is 3.82. The van der Waals surface area contributed by atoms with Gasteiger partial charge in [0.25, 0.3) is 0 Å². The van der Waals surface area contributed by atoms with Gasteiger partial charge in [-0.1, -0.05) is 42.5 Å². The van der Waals surface area contributed by atoms with Crippen molar-refractivity contribution < 1.29 is 0 Å². The molecule has 0 aliphatic heterocycles. The molecule has 19 heavy (non-hydrogen) atoms. The lowest BCUT2D eigenvalue weighted by atomic mass is 10.1. The highest BCUT2D eigenvalue weighted by Gasteiger charge is 2.13. The molecule has 2 heteroatoms. The normalized spacial score (nSPS) is 11.8. The van der Waals surface area contributed by atoms with Crippen molar-refractivity contribution in [2.45, 2.75) is 30.5 Å². The highest BCUT2D eigenvalue weighted by Crippen LogP contribution is 2.31. The van der Waals surface area contributed by atoms with Gasteiger partial charge < -0.3 is 4.85 Å². The van der Waals surface area contributed by atoms with E-state index >= 15 is 0 Å². The first-order valence-electron chi connectivity index (χ1n) is 6.35. The molecule has 0 N–H and O–H groups in total. The third-order valence-electron chi connectivity index (χ3n) is 3.21. The Balaban J connectivity index is 2.17. The molecule has 0 aliphatic rings. The van der Waals surface area contributed by atoms with E-state index in [0.717, 1.165) is 11.3 Å². The third-order valence-corrected chi connectivity index (χ3v) is 4.35. The predicted molar refractivity (Wildman–Crippen MR) is 82.2 cm³/mol. The lowest BCUT2D eigenvalue weighted by Gasteiger charge is -2.09. The molecular weight excluding hydrogens is 250 g/mol. The monoisotopic (exact) mass is 267 g/mol.